The highest BCUT2D eigenvalue weighted by molar-refractivity contribution is 5.94. The highest BCUT2D eigenvalue weighted by Crippen LogP contribution is 2.32. The Morgan fingerprint density at radius 3 is 2.61 bits per heavy atom. The van der Waals surface area contributed by atoms with E-state index in [1.807, 2.05) is 30.3 Å². The minimum absolute atomic E-state index is 0.00324. The molecule has 0 radical (unpaired) electrons. The van der Waals surface area contributed by atoms with Crippen LogP contribution in [-0.4, -0.2) is 30.9 Å². The minimum Gasteiger partial charge on any atom is -0.466 e. The van der Waals surface area contributed by atoms with Gasteiger partial charge < -0.3 is 9.64 Å². The number of rotatable bonds is 2. The molecule has 1 amide bonds. The monoisotopic (exact) mass is 245 g/mol. The lowest BCUT2D eigenvalue weighted by Crippen LogP contribution is -2.31. The highest BCUT2D eigenvalue weighted by Gasteiger charge is 2.31. The van der Waals surface area contributed by atoms with E-state index < -0.39 is 0 Å². The average Bonchev–Trinajstić information content (AvgIpc) is 2.41. The number of ether oxygens (including phenoxy) is 1. The molecular formula is C14H15NO3. The van der Waals surface area contributed by atoms with Gasteiger partial charge in [0.1, 0.15) is 0 Å². The van der Waals surface area contributed by atoms with Gasteiger partial charge in [-0.25, -0.2) is 4.79 Å². The molecule has 1 aromatic carbocycles. The van der Waals surface area contributed by atoms with Crippen LogP contribution in [0.3, 0.4) is 0 Å². The fourth-order valence-electron chi connectivity index (χ4n) is 2.09. The van der Waals surface area contributed by atoms with E-state index in [1.54, 1.807) is 13.2 Å². The van der Waals surface area contributed by atoms with Crippen molar-refractivity contribution in [3.05, 3.63) is 47.7 Å². The molecule has 0 fully saturated rings. The summed E-state index contributed by atoms with van der Waals surface area (Å²) in [5.74, 6) is -0.609. The van der Waals surface area contributed by atoms with Crippen LogP contribution in [-0.2, 0) is 14.3 Å². The summed E-state index contributed by atoms with van der Waals surface area (Å²) in [5.41, 5.74) is 1.47. The zero-order valence-electron chi connectivity index (χ0n) is 10.4. The van der Waals surface area contributed by atoms with Crippen LogP contribution >= 0.6 is 0 Å². The van der Waals surface area contributed by atoms with Gasteiger partial charge in [-0.3, -0.25) is 4.79 Å². The van der Waals surface area contributed by atoms with Crippen LogP contribution < -0.4 is 0 Å². The molecule has 0 N–H and O–H groups in total. The molecule has 0 saturated carbocycles. The highest BCUT2D eigenvalue weighted by atomic mass is 16.5. The summed E-state index contributed by atoms with van der Waals surface area (Å²) < 4.78 is 4.78. The molecule has 0 saturated heterocycles. The van der Waals surface area contributed by atoms with Gasteiger partial charge in [-0.2, -0.15) is 0 Å². The summed E-state index contributed by atoms with van der Waals surface area (Å²) in [6.45, 7) is 0. The van der Waals surface area contributed by atoms with Gasteiger partial charge in [0.25, 0.3) is 0 Å². The van der Waals surface area contributed by atoms with Crippen molar-refractivity contribution >= 4 is 11.9 Å². The van der Waals surface area contributed by atoms with E-state index in [-0.39, 0.29) is 17.8 Å². The Kier molecular flexibility index (Phi) is 3.46. The Morgan fingerprint density at radius 2 is 2.00 bits per heavy atom. The first-order valence-electron chi connectivity index (χ1n) is 5.74. The maximum atomic E-state index is 11.8. The van der Waals surface area contributed by atoms with Crippen LogP contribution in [0.2, 0.25) is 0 Å². The molecule has 1 aliphatic rings. The third-order valence-electron chi connectivity index (χ3n) is 3.10. The van der Waals surface area contributed by atoms with Crippen molar-refractivity contribution in [3.8, 4) is 0 Å². The third kappa shape index (κ3) is 2.27. The molecule has 94 valence electrons. The standard InChI is InChI=1S/C14H15NO3/c1-15-9-12(14(17)18-2)11(8-13(15)16)10-6-4-3-5-7-10/h3-7,9,11H,8H2,1-2H3. The van der Waals surface area contributed by atoms with E-state index in [9.17, 15) is 9.59 Å². The van der Waals surface area contributed by atoms with E-state index in [0.29, 0.717) is 12.0 Å². The number of esters is 1. The second-order valence-electron chi connectivity index (χ2n) is 4.25. The molecule has 18 heavy (non-hydrogen) atoms. The molecule has 0 aliphatic carbocycles. The first-order valence-corrected chi connectivity index (χ1v) is 5.74. The van der Waals surface area contributed by atoms with Crippen molar-refractivity contribution in [2.24, 2.45) is 0 Å². The van der Waals surface area contributed by atoms with Crippen LogP contribution in [0.5, 0.6) is 0 Å². The summed E-state index contributed by atoms with van der Waals surface area (Å²) in [7, 11) is 2.99. The number of nitrogens with zero attached hydrogens (tertiary/aromatic N) is 1. The molecule has 0 spiro atoms. The zero-order valence-corrected chi connectivity index (χ0v) is 10.4. The Bertz CT molecular complexity index is 493. The number of methoxy groups -OCH3 is 1. The topological polar surface area (TPSA) is 46.6 Å². The Labute approximate surface area is 106 Å². The number of benzene rings is 1. The van der Waals surface area contributed by atoms with Crippen molar-refractivity contribution in [1.82, 2.24) is 4.90 Å². The van der Waals surface area contributed by atoms with Gasteiger partial charge in [0, 0.05) is 25.6 Å². The van der Waals surface area contributed by atoms with Crippen LogP contribution in [0.15, 0.2) is 42.1 Å². The van der Waals surface area contributed by atoms with Crippen molar-refractivity contribution in [3.63, 3.8) is 0 Å². The van der Waals surface area contributed by atoms with Gasteiger partial charge in [-0.1, -0.05) is 30.3 Å². The summed E-state index contributed by atoms with van der Waals surface area (Å²) >= 11 is 0. The van der Waals surface area contributed by atoms with Crippen molar-refractivity contribution in [2.45, 2.75) is 12.3 Å². The quantitative estimate of drug-likeness (QED) is 0.745. The number of hydrogen-bond acceptors (Lipinski definition) is 3. The van der Waals surface area contributed by atoms with E-state index in [0.717, 1.165) is 5.56 Å². The second kappa shape index (κ2) is 5.04. The summed E-state index contributed by atoms with van der Waals surface area (Å²) in [6.07, 6.45) is 1.86. The van der Waals surface area contributed by atoms with E-state index >= 15 is 0 Å². The van der Waals surface area contributed by atoms with Crippen LogP contribution in [0.1, 0.15) is 17.9 Å². The molecule has 1 aromatic rings. The van der Waals surface area contributed by atoms with Gasteiger partial charge in [0.15, 0.2) is 0 Å². The van der Waals surface area contributed by atoms with Gasteiger partial charge in [0.2, 0.25) is 5.91 Å². The lowest BCUT2D eigenvalue weighted by atomic mass is 9.86. The molecular weight excluding hydrogens is 230 g/mol. The normalized spacial score (nSPS) is 19.4. The fraction of sp³-hybridized carbons (Fsp3) is 0.286. The van der Waals surface area contributed by atoms with Crippen molar-refractivity contribution in [2.75, 3.05) is 14.2 Å². The number of hydrogen-bond donors (Lipinski definition) is 0. The molecule has 0 bridgehead atoms. The van der Waals surface area contributed by atoms with E-state index in [4.69, 9.17) is 4.74 Å². The Hall–Kier alpha value is -2.10. The molecule has 4 nitrogen and oxygen atoms in total. The SMILES string of the molecule is COC(=O)C1=CN(C)C(=O)CC1c1ccccc1. The molecule has 1 heterocycles. The van der Waals surface area contributed by atoms with Crippen LogP contribution in [0.4, 0.5) is 0 Å². The van der Waals surface area contributed by atoms with Gasteiger partial charge in [0.05, 0.1) is 12.7 Å². The molecule has 4 heteroatoms. The largest absolute Gasteiger partial charge is 0.466 e. The Morgan fingerprint density at radius 1 is 1.33 bits per heavy atom. The summed E-state index contributed by atoms with van der Waals surface area (Å²) in [4.78, 5) is 25.0. The fourth-order valence-corrected chi connectivity index (χ4v) is 2.09. The maximum Gasteiger partial charge on any atom is 0.335 e. The van der Waals surface area contributed by atoms with Crippen molar-refractivity contribution < 1.29 is 14.3 Å². The zero-order chi connectivity index (χ0) is 13.1. The summed E-state index contributed by atoms with van der Waals surface area (Å²) in [6, 6.07) is 9.53. The first-order chi connectivity index (χ1) is 8.63. The predicted molar refractivity (Wildman–Crippen MR) is 66.7 cm³/mol. The predicted octanol–water partition coefficient (Wildman–Crippen LogP) is 1.69. The number of carbonyl (C=O) groups is 2. The second-order valence-corrected chi connectivity index (χ2v) is 4.25. The van der Waals surface area contributed by atoms with Crippen LogP contribution in [0.25, 0.3) is 0 Å². The van der Waals surface area contributed by atoms with Crippen molar-refractivity contribution in [1.29, 1.82) is 0 Å². The first kappa shape index (κ1) is 12.4. The smallest absolute Gasteiger partial charge is 0.335 e. The third-order valence-corrected chi connectivity index (χ3v) is 3.10. The van der Waals surface area contributed by atoms with Gasteiger partial charge in [-0.05, 0) is 5.56 Å². The van der Waals surface area contributed by atoms with E-state index in [2.05, 4.69) is 0 Å². The number of amides is 1. The molecule has 0 aromatic heterocycles. The molecule has 1 atom stereocenters. The van der Waals surface area contributed by atoms with E-state index in [1.165, 1.54) is 12.0 Å². The molecule has 2 rings (SSSR count). The molecule has 1 aliphatic heterocycles. The molecule has 1 unspecified atom stereocenters. The lowest BCUT2D eigenvalue weighted by Gasteiger charge is -2.27. The Balaban J connectivity index is 2.41. The van der Waals surface area contributed by atoms with Crippen LogP contribution in [0, 0.1) is 0 Å². The van der Waals surface area contributed by atoms with Gasteiger partial charge in [-0.15, -0.1) is 0 Å². The van der Waals surface area contributed by atoms with Gasteiger partial charge >= 0.3 is 5.97 Å². The average molecular weight is 245 g/mol. The summed E-state index contributed by atoms with van der Waals surface area (Å²) in [5, 5.41) is 0. The minimum atomic E-state index is -0.386. The maximum absolute atomic E-state index is 11.8. The number of carbonyl (C=O) groups excluding carboxylic acids is 2. The lowest BCUT2D eigenvalue weighted by molar-refractivity contribution is -0.137.